The van der Waals surface area contributed by atoms with Crippen molar-refractivity contribution in [3.05, 3.63) is 11.6 Å². The van der Waals surface area contributed by atoms with Crippen LogP contribution in [0.4, 0.5) is 5.13 Å². The predicted octanol–water partition coefficient (Wildman–Crippen LogP) is 1.32. The smallest absolute Gasteiger partial charge is 0.185 e. The molecule has 2 unspecified atom stereocenters. The summed E-state index contributed by atoms with van der Waals surface area (Å²) < 4.78 is 0. The zero-order chi connectivity index (χ0) is 9.26. The minimum Gasteiger partial charge on any atom is -0.345 e. The van der Waals surface area contributed by atoms with Crippen molar-refractivity contribution in [2.75, 3.05) is 18.0 Å². The first-order valence-electron chi connectivity index (χ1n) is 4.67. The second kappa shape index (κ2) is 3.64. The quantitative estimate of drug-likeness (QED) is 0.777. The second-order valence-corrected chi connectivity index (χ2v) is 4.53. The topological polar surface area (TPSA) is 42.1 Å². The first-order valence-corrected chi connectivity index (χ1v) is 5.55. The molecule has 3 nitrogen and oxygen atoms in total. The molecule has 1 fully saturated rings. The Kier molecular flexibility index (Phi) is 2.51. The summed E-state index contributed by atoms with van der Waals surface area (Å²) in [6.45, 7) is 4.12. The Labute approximate surface area is 82.6 Å². The summed E-state index contributed by atoms with van der Waals surface area (Å²) in [5.41, 5.74) is 5.67. The van der Waals surface area contributed by atoms with Crippen molar-refractivity contribution in [2.45, 2.75) is 19.4 Å². The van der Waals surface area contributed by atoms with E-state index in [9.17, 15) is 0 Å². The monoisotopic (exact) mass is 197 g/mol. The fourth-order valence-electron chi connectivity index (χ4n) is 1.94. The third kappa shape index (κ3) is 1.69. The average Bonchev–Trinajstić information content (AvgIpc) is 2.72. The SMILES string of the molecule is CC1CC(CN)CN1c1nccs1. The molecule has 1 aliphatic rings. The summed E-state index contributed by atoms with van der Waals surface area (Å²) in [5, 5.41) is 3.17. The normalized spacial score (nSPS) is 28.3. The Balaban J connectivity index is 2.09. The maximum atomic E-state index is 5.67. The fourth-order valence-corrected chi connectivity index (χ4v) is 2.69. The van der Waals surface area contributed by atoms with Gasteiger partial charge in [-0.3, -0.25) is 0 Å². The Bertz CT molecular complexity index is 260. The molecule has 2 rings (SSSR count). The molecule has 0 bridgehead atoms. The van der Waals surface area contributed by atoms with Gasteiger partial charge in [-0.2, -0.15) is 0 Å². The van der Waals surface area contributed by atoms with Gasteiger partial charge in [-0.15, -0.1) is 11.3 Å². The third-order valence-corrected chi connectivity index (χ3v) is 3.47. The molecule has 0 aliphatic carbocycles. The number of aromatic nitrogens is 1. The minimum absolute atomic E-state index is 0.597. The summed E-state index contributed by atoms with van der Waals surface area (Å²) in [4.78, 5) is 6.68. The standard InChI is InChI=1S/C9H15N3S/c1-7-4-8(5-10)6-12(7)9-11-2-3-13-9/h2-3,7-8H,4-6,10H2,1H3. The lowest BCUT2D eigenvalue weighted by atomic mass is 10.1. The summed E-state index contributed by atoms with van der Waals surface area (Å²) in [7, 11) is 0. The Hall–Kier alpha value is -0.610. The van der Waals surface area contributed by atoms with Crippen LogP contribution >= 0.6 is 11.3 Å². The lowest BCUT2D eigenvalue weighted by Crippen LogP contribution is -2.27. The van der Waals surface area contributed by atoms with Crippen molar-refractivity contribution in [3.8, 4) is 0 Å². The van der Waals surface area contributed by atoms with Crippen LogP contribution in [0.25, 0.3) is 0 Å². The molecule has 0 aromatic carbocycles. The van der Waals surface area contributed by atoms with Crippen molar-refractivity contribution in [2.24, 2.45) is 11.7 Å². The highest BCUT2D eigenvalue weighted by Gasteiger charge is 2.29. The van der Waals surface area contributed by atoms with Crippen molar-refractivity contribution in [1.82, 2.24) is 4.98 Å². The van der Waals surface area contributed by atoms with E-state index in [1.54, 1.807) is 11.3 Å². The van der Waals surface area contributed by atoms with Gasteiger partial charge in [0.1, 0.15) is 0 Å². The summed E-state index contributed by atoms with van der Waals surface area (Å²) in [6.07, 6.45) is 3.07. The van der Waals surface area contributed by atoms with Crippen LogP contribution in [0.3, 0.4) is 0 Å². The van der Waals surface area contributed by atoms with Gasteiger partial charge < -0.3 is 10.6 Å². The van der Waals surface area contributed by atoms with Crippen LogP contribution in [0.2, 0.25) is 0 Å². The van der Waals surface area contributed by atoms with Gasteiger partial charge in [-0.1, -0.05) is 0 Å². The van der Waals surface area contributed by atoms with Crippen molar-refractivity contribution < 1.29 is 0 Å². The van der Waals surface area contributed by atoms with Gasteiger partial charge in [-0.05, 0) is 25.8 Å². The van der Waals surface area contributed by atoms with Crippen molar-refractivity contribution in [3.63, 3.8) is 0 Å². The van der Waals surface area contributed by atoms with Gasteiger partial charge in [0.2, 0.25) is 0 Å². The van der Waals surface area contributed by atoms with Gasteiger partial charge in [0.15, 0.2) is 5.13 Å². The molecule has 0 amide bonds. The largest absolute Gasteiger partial charge is 0.345 e. The highest BCUT2D eigenvalue weighted by molar-refractivity contribution is 7.13. The maximum absolute atomic E-state index is 5.67. The molecule has 1 aliphatic heterocycles. The predicted molar refractivity (Wildman–Crippen MR) is 56.1 cm³/mol. The highest BCUT2D eigenvalue weighted by atomic mass is 32.1. The lowest BCUT2D eigenvalue weighted by Gasteiger charge is -2.19. The lowest BCUT2D eigenvalue weighted by molar-refractivity contribution is 0.579. The number of nitrogens with zero attached hydrogens (tertiary/aromatic N) is 2. The molecule has 0 spiro atoms. The molecule has 2 atom stereocenters. The van der Waals surface area contributed by atoms with Crippen LogP contribution < -0.4 is 10.6 Å². The van der Waals surface area contributed by atoms with Crippen LogP contribution in [0, 0.1) is 5.92 Å². The number of hydrogen-bond acceptors (Lipinski definition) is 4. The van der Waals surface area contributed by atoms with Gasteiger partial charge >= 0.3 is 0 Å². The Morgan fingerprint density at radius 2 is 2.62 bits per heavy atom. The molecule has 1 saturated heterocycles. The number of anilines is 1. The van der Waals surface area contributed by atoms with E-state index in [0.717, 1.165) is 18.2 Å². The summed E-state index contributed by atoms with van der Waals surface area (Å²) in [5.74, 6) is 0.652. The first kappa shape index (κ1) is 8.97. The molecule has 0 radical (unpaired) electrons. The zero-order valence-corrected chi connectivity index (χ0v) is 8.63. The Morgan fingerprint density at radius 1 is 1.77 bits per heavy atom. The zero-order valence-electron chi connectivity index (χ0n) is 7.81. The number of hydrogen-bond donors (Lipinski definition) is 1. The molecule has 72 valence electrons. The number of rotatable bonds is 2. The molecule has 0 saturated carbocycles. The molecular formula is C9H15N3S. The molecule has 4 heteroatoms. The van der Waals surface area contributed by atoms with E-state index in [4.69, 9.17) is 5.73 Å². The Morgan fingerprint density at radius 3 is 3.15 bits per heavy atom. The van der Waals surface area contributed by atoms with Crippen LogP contribution in [0.5, 0.6) is 0 Å². The summed E-state index contributed by atoms with van der Waals surface area (Å²) >= 11 is 1.71. The van der Waals surface area contributed by atoms with Crippen LogP contribution in [0.15, 0.2) is 11.6 Å². The minimum atomic E-state index is 0.597. The number of thiazole rings is 1. The van der Waals surface area contributed by atoms with Crippen LogP contribution in [-0.2, 0) is 0 Å². The third-order valence-electron chi connectivity index (χ3n) is 2.66. The fraction of sp³-hybridized carbons (Fsp3) is 0.667. The van der Waals surface area contributed by atoms with E-state index in [1.807, 2.05) is 11.6 Å². The van der Waals surface area contributed by atoms with E-state index in [1.165, 1.54) is 6.42 Å². The molecule has 13 heavy (non-hydrogen) atoms. The molecule has 2 N–H and O–H groups in total. The van der Waals surface area contributed by atoms with E-state index >= 15 is 0 Å². The first-order chi connectivity index (χ1) is 6.31. The van der Waals surface area contributed by atoms with Gasteiger partial charge in [0, 0.05) is 24.2 Å². The van der Waals surface area contributed by atoms with Crippen molar-refractivity contribution in [1.29, 1.82) is 0 Å². The van der Waals surface area contributed by atoms with Crippen LogP contribution in [0.1, 0.15) is 13.3 Å². The van der Waals surface area contributed by atoms with Crippen molar-refractivity contribution >= 4 is 16.5 Å². The van der Waals surface area contributed by atoms with E-state index in [2.05, 4.69) is 16.8 Å². The van der Waals surface area contributed by atoms with Gasteiger partial charge in [0.25, 0.3) is 0 Å². The summed E-state index contributed by atoms with van der Waals surface area (Å²) in [6, 6.07) is 0.597. The molecular weight excluding hydrogens is 182 g/mol. The highest BCUT2D eigenvalue weighted by Crippen LogP contribution is 2.29. The molecule has 1 aromatic rings. The van der Waals surface area contributed by atoms with E-state index in [-0.39, 0.29) is 0 Å². The van der Waals surface area contributed by atoms with Gasteiger partial charge in [-0.25, -0.2) is 4.98 Å². The molecule has 2 heterocycles. The average molecular weight is 197 g/mol. The second-order valence-electron chi connectivity index (χ2n) is 3.65. The van der Waals surface area contributed by atoms with E-state index < -0.39 is 0 Å². The van der Waals surface area contributed by atoms with Crippen LogP contribution in [-0.4, -0.2) is 24.1 Å². The van der Waals surface area contributed by atoms with Gasteiger partial charge in [0.05, 0.1) is 0 Å². The maximum Gasteiger partial charge on any atom is 0.185 e. The molecule has 1 aromatic heterocycles. The van der Waals surface area contributed by atoms with E-state index in [0.29, 0.717) is 12.0 Å². The number of nitrogens with two attached hydrogens (primary N) is 1.